The number of nitro benzene ring substituents is 1. The van der Waals surface area contributed by atoms with Crippen LogP contribution in [0.5, 0.6) is 0 Å². The average Bonchev–Trinajstić information content (AvgIpc) is 2.80. The van der Waals surface area contributed by atoms with E-state index in [2.05, 4.69) is 0 Å². The molecule has 2 unspecified atom stereocenters. The average molecular weight is 510 g/mol. The highest BCUT2D eigenvalue weighted by Crippen LogP contribution is 2.30. The third-order valence-electron chi connectivity index (χ3n) is 4.99. The molecule has 0 radical (unpaired) electrons. The first-order valence-corrected chi connectivity index (χ1v) is 10.9. The van der Waals surface area contributed by atoms with E-state index < -0.39 is 53.1 Å². The molecular weight excluding hydrogens is 480 g/mol. The number of non-ortho nitro benzene ring substituents is 1. The summed E-state index contributed by atoms with van der Waals surface area (Å²) in [5.41, 5.74) is 2.91. The number of carbonyl (C=O) groups is 2. The molecular formula is C24H29F2N3O7. The van der Waals surface area contributed by atoms with E-state index in [4.69, 9.17) is 15.2 Å². The van der Waals surface area contributed by atoms with E-state index in [-0.39, 0.29) is 17.9 Å². The highest BCUT2D eigenvalue weighted by molar-refractivity contribution is 5.82. The van der Waals surface area contributed by atoms with E-state index in [9.17, 15) is 24.8 Å². The molecule has 2 atom stereocenters. The van der Waals surface area contributed by atoms with Gasteiger partial charge in [0.25, 0.3) is 11.6 Å². The number of alkyl carbamates (subject to hydrolysis) is 1. The summed E-state index contributed by atoms with van der Waals surface area (Å²) < 4.78 is 40.1. The summed E-state index contributed by atoms with van der Waals surface area (Å²) in [6.45, 7) is 2.94. The number of rotatable bonds is 10. The number of nitrogens with zero attached hydrogens (tertiary/aromatic N) is 1. The molecule has 0 aliphatic heterocycles. The molecule has 4 N–H and O–H groups in total. The minimum Gasteiger partial charge on any atom is -0.459 e. The number of aliphatic hydroxyl groups excluding tert-OH is 1. The number of halogens is 2. The van der Waals surface area contributed by atoms with Crippen LogP contribution in [0.1, 0.15) is 31.9 Å². The molecule has 2 aromatic rings. The minimum atomic E-state index is -4.09. The van der Waals surface area contributed by atoms with Crippen LogP contribution >= 0.6 is 0 Å². The molecule has 0 spiro atoms. The van der Waals surface area contributed by atoms with E-state index in [0.29, 0.717) is 5.56 Å². The van der Waals surface area contributed by atoms with Crippen LogP contribution in [0.15, 0.2) is 54.6 Å². The van der Waals surface area contributed by atoms with Gasteiger partial charge in [0, 0.05) is 18.6 Å². The van der Waals surface area contributed by atoms with Crippen LogP contribution in [0.2, 0.25) is 0 Å². The first kappa shape index (κ1) is 28.6. The maximum atomic E-state index is 15.0. The number of nitro groups is 1. The van der Waals surface area contributed by atoms with Crippen molar-refractivity contribution in [3.63, 3.8) is 0 Å². The fourth-order valence-corrected chi connectivity index (χ4v) is 3.19. The Labute approximate surface area is 206 Å². The zero-order chi connectivity index (χ0) is 27.1. The Hall–Kier alpha value is -3.64. The number of amides is 1. The van der Waals surface area contributed by atoms with Gasteiger partial charge in [-0.3, -0.25) is 10.1 Å². The zero-order valence-electron chi connectivity index (χ0n) is 20.1. The molecule has 1 amide bonds. The molecule has 0 heterocycles. The van der Waals surface area contributed by atoms with Crippen LogP contribution in [0.25, 0.3) is 0 Å². The van der Waals surface area contributed by atoms with Crippen molar-refractivity contribution < 1.29 is 37.9 Å². The molecule has 0 bridgehead atoms. The monoisotopic (exact) mass is 509 g/mol. The van der Waals surface area contributed by atoms with Crippen molar-refractivity contribution in [2.75, 3.05) is 6.54 Å². The van der Waals surface area contributed by atoms with Crippen LogP contribution in [0.3, 0.4) is 0 Å². The van der Waals surface area contributed by atoms with Crippen molar-refractivity contribution in [1.29, 1.82) is 0 Å². The topological polar surface area (TPSA) is 154 Å². The van der Waals surface area contributed by atoms with Gasteiger partial charge in [-0.25, -0.2) is 18.4 Å². The summed E-state index contributed by atoms with van der Waals surface area (Å²) in [7, 11) is 0. The second kappa shape index (κ2) is 11.4. The van der Waals surface area contributed by atoms with Crippen LogP contribution < -0.4 is 11.1 Å². The summed E-state index contributed by atoms with van der Waals surface area (Å²) in [4.78, 5) is 35.0. The van der Waals surface area contributed by atoms with Gasteiger partial charge in [0.15, 0.2) is 5.54 Å². The smallest absolute Gasteiger partial charge is 0.407 e. The van der Waals surface area contributed by atoms with Gasteiger partial charge in [-0.1, -0.05) is 42.5 Å². The van der Waals surface area contributed by atoms with Crippen molar-refractivity contribution in [2.24, 2.45) is 5.73 Å². The molecule has 10 nitrogen and oxygen atoms in total. The van der Waals surface area contributed by atoms with Gasteiger partial charge >= 0.3 is 12.1 Å². The van der Waals surface area contributed by atoms with E-state index in [1.807, 2.05) is 5.32 Å². The van der Waals surface area contributed by atoms with Crippen LogP contribution in [-0.4, -0.2) is 51.8 Å². The Morgan fingerprint density at radius 3 is 2.19 bits per heavy atom. The SMILES string of the molecule is CC(C)(C)OC(=O)NCC(F)(F)C(O)C(N)(Cc1ccc([N+](=O)[O-])cc1)C(=O)OCc1ccccc1. The van der Waals surface area contributed by atoms with Gasteiger partial charge in [0.05, 0.1) is 11.5 Å². The zero-order valence-corrected chi connectivity index (χ0v) is 20.1. The lowest BCUT2D eigenvalue weighted by Gasteiger charge is -2.36. The maximum absolute atomic E-state index is 15.0. The number of carbonyl (C=O) groups excluding carboxylic acids is 2. The van der Waals surface area contributed by atoms with E-state index in [0.717, 1.165) is 12.1 Å². The molecule has 2 rings (SSSR count). The Kier molecular flexibility index (Phi) is 9.05. The van der Waals surface area contributed by atoms with Gasteiger partial charge in [-0.2, -0.15) is 0 Å². The number of hydrogen-bond donors (Lipinski definition) is 3. The summed E-state index contributed by atoms with van der Waals surface area (Å²) >= 11 is 0. The van der Waals surface area contributed by atoms with Crippen LogP contribution in [0, 0.1) is 10.1 Å². The number of aliphatic hydroxyl groups is 1. The number of hydrogen-bond acceptors (Lipinski definition) is 8. The summed E-state index contributed by atoms with van der Waals surface area (Å²) in [6, 6.07) is 13.0. The predicted octanol–water partition coefficient (Wildman–Crippen LogP) is 3.10. The van der Waals surface area contributed by atoms with E-state index >= 15 is 8.78 Å². The quantitative estimate of drug-likeness (QED) is 0.251. The predicted molar refractivity (Wildman–Crippen MR) is 125 cm³/mol. The number of ether oxygens (including phenoxy) is 2. The van der Waals surface area contributed by atoms with Crippen LogP contribution in [0.4, 0.5) is 19.3 Å². The lowest BCUT2D eigenvalue weighted by molar-refractivity contribution is -0.384. The molecule has 0 aliphatic carbocycles. The molecule has 196 valence electrons. The number of alkyl halides is 2. The Morgan fingerprint density at radius 2 is 1.67 bits per heavy atom. The van der Waals surface area contributed by atoms with Gasteiger partial charge in [0.2, 0.25) is 0 Å². The second-order valence-corrected chi connectivity index (χ2v) is 9.22. The van der Waals surface area contributed by atoms with Crippen molar-refractivity contribution in [3.8, 4) is 0 Å². The molecule has 0 fully saturated rings. The summed E-state index contributed by atoms with van der Waals surface area (Å²) in [6.07, 6.45) is -4.60. The van der Waals surface area contributed by atoms with Crippen molar-refractivity contribution in [3.05, 3.63) is 75.8 Å². The van der Waals surface area contributed by atoms with Gasteiger partial charge in [0.1, 0.15) is 18.3 Å². The first-order chi connectivity index (χ1) is 16.6. The van der Waals surface area contributed by atoms with Crippen molar-refractivity contribution >= 4 is 17.7 Å². The Balaban J connectivity index is 2.28. The fourth-order valence-electron chi connectivity index (χ4n) is 3.19. The number of nitrogens with two attached hydrogens (primary N) is 1. The maximum Gasteiger partial charge on any atom is 0.407 e. The first-order valence-electron chi connectivity index (χ1n) is 10.9. The van der Waals surface area contributed by atoms with Gasteiger partial charge in [-0.15, -0.1) is 0 Å². The van der Waals surface area contributed by atoms with E-state index in [1.165, 1.54) is 32.9 Å². The fraction of sp³-hybridized carbons (Fsp3) is 0.417. The molecule has 12 heteroatoms. The lowest BCUT2D eigenvalue weighted by Crippen LogP contribution is -2.66. The Bertz CT molecular complexity index is 1060. The molecule has 36 heavy (non-hydrogen) atoms. The molecule has 0 saturated carbocycles. The van der Waals surface area contributed by atoms with E-state index in [1.54, 1.807) is 30.3 Å². The summed E-state index contributed by atoms with van der Waals surface area (Å²) in [5, 5.41) is 23.4. The molecule has 0 saturated heterocycles. The highest BCUT2D eigenvalue weighted by atomic mass is 19.3. The number of esters is 1. The molecule has 2 aromatic carbocycles. The molecule has 0 aromatic heterocycles. The molecule has 0 aliphatic rings. The lowest BCUT2D eigenvalue weighted by atomic mass is 9.83. The van der Waals surface area contributed by atoms with Gasteiger partial charge < -0.3 is 25.6 Å². The van der Waals surface area contributed by atoms with Crippen LogP contribution in [-0.2, 0) is 27.3 Å². The van der Waals surface area contributed by atoms with Crippen molar-refractivity contribution in [1.82, 2.24) is 5.32 Å². The normalized spacial score (nSPS) is 14.3. The largest absolute Gasteiger partial charge is 0.459 e. The number of benzene rings is 2. The van der Waals surface area contributed by atoms with Crippen molar-refractivity contribution in [2.45, 2.75) is 57.0 Å². The second-order valence-electron chi connectivity index (χ2n) is 9.22. The Morgan fingerprint density at radius 1 is 1.08 bits per heavy atom. The minimum absolute atomic E-state index is 0.162. The third-order valence-corrected chi connectivity index (χ3v) is 4.99. The van der Waals surface area contributed by atoms with Gasteiger partial charge in [-0.05, 0) is 31.9 Å². The third kappa shape index (κ3) is 7.95. The standard InChI is InChI=1S/C24H29F2N3O7/c1-22(2,3)36-21(32)28-15-24(25,26)19(30)23(27,13-16-9-11-18(12-10-16)29(33)34)20(31)35-14-17-7-5-4-6-8-17/h4-12,19,30H,13-15,27H2,1-3H3,(H,28,32). The summed E-state index contributed by atoms with van der Waals surface area (Å²) in [5.74, 6) is -5.41. The number of nitrogens with one attached hydrogen (secondary N) is 1. The highest BCUT2D eigenvalue weighted by Gasteiger charge is 2.55.